The second kappa shape index (κ2) is 12.9. The molecule has 0 fully saturated rings. The van der Waals surface area contributed by atoms with Crippen LogP contribution in [0.5, 0.6) is 11.5 Å². The molecule has 4 nitrogen and oxygen atoms in total. The predicted molar refractivity (Wildman–Crippen MR) is 138 cm³/mol. The van der Waals surface area contributed by atoms with Gasteiger partial charge in [0.15, 0.2) is 23.3 Å². The topological polar surface area (TPSA) is 52.6 Å². The third-order valence-corrected chi connectivity index (χ3v) is 5.94. The van der Waals surface area contributed by atoms with Crippen molar-refractivity contribution < 1.29 is 36.6 Å². The van der Waals surface area contributed by atoms with E-state index in [-0.39, 0.29) is 12.8 Å². The minimum atomic E-state index is -0.938. The molecule has 4 rings (SSSR count). The number of hydrogen-bond donors (Lipinski definition) is 0. The summed E-state index contributed by atoms with van der Waals surface area (Å²) in [6.45, 7) is 0. The van der Waals surface area contributed by atoms with Crippen LogP contribution < -0.4 is 9.47 Å². The number of unbranched alkanes of at least 4 members (excludes halogenated alkanes) is 2. The third-order valence-electron chi connectivity index (χ3n) is 5.94. The predicted octanol–water partition coefficient (Wildman–Crippen LogP) is 8.04. The summed E-state index contributed by atoms with van der Waals surface area (Å²) in [5.41, 5.74) is 2.31. The lowest BCUT2D eigenvalue weighted by Gasteiger charge is -2.07. The number of carbonyl (C=O) groups is 2. The first-order chi connectivity index (χ1) is 18.8. The molecule has 0 saturated heterocycles. The summed E-state index contributed by atoms with van der Waals surface area (Å²) in [5, 5.41) is 0. The maximum atomic E-state index is 13.4. The Morgan fingerprint density at radius 2 is 0.821 bits per heavy atom. The van der Waals surface area contributed by atoms with E-state index >= 15 is 0 Å². The van der Waals surface area contributed by atoms with Crippen molar-refractivity contribution in [3.05, 3.63) is 108 Å². The van der Waals surface area contributed by atoms with Crippen LogP contribution in [0.25, 0.3) is 22.3 Å². The summed E-state index contributed by atoms with van der Waals surface area (Å²) >= 11 is 0. The molecule has 0 radical (unpaired) electrons. The van der Waals surface area contributed by atoms with Crippen molar-refractivity contribution in [2.24, 2.45) is 0 Å². The third kappa shape index (κ3) is 7.77. The molecule has 0 aliphatic rings. The minimum absolute atomic E-state index is 0.172. The van der Waals surface area contributed by atoms with Crippen molar-refractivity contribution in [2.75, 3.05) is 0 Å². The molecule has 0 amide bonds. The Balaban J connectivity index is 1.14. The van der Waals surface area contributed by atoms with Crippen molar-refractivity contribution in [3.8, 4) is 33.8 Å². The van der Waals surface area contributed by atoms with E-state index in [0.29, 0.717) is 53.0 Å². The van der Waals surface area contributed by atoms with Crippen LogP contribution in [0.2, 0.25) is 0 Å². The fourth-order valence-corrected chi connectivity index (χ4v) is 3.86. The van der Waals surface area contributed by atoms with E-state index in [1.54, 1.807) is 48.5 Å². The van der Waals surface area contributed by atoms with E-state index in [9.17, 15) is 27.2 Å². The molecule has 4 aromatic carbocycles. The molecule has 0 N–H and O–H groups in total. The van der Waals surface area contributed by atoms with Crippen molar-refractivity contribution in [2.45, 2.75) is 32.1 Å². The van der Waals surface area contributed by atoms with Crippen LogP contribution in [0, 0.1) is 23.3 Å². The molecule has 0 aliphatic carbocycles. The highest BCUT2D eigenvalue weighted by Crippen LogP contribution is 2.26. The molecule has 0 atom stereocenters. The van der Waals surface area contributed by atoms with Crippen LogP contribution in [0.3, 0.4) is 0 Å². The number of benzene rings is 4. The van der Waals surface area contributed by atoms with Gasteiger partial charge in [-0.1, -0.05) is 42.8 Å². The maximum absolute atomic E-state index is 13.4. The zero-order valence-electron chi connectivity index (χ0n) is 20.8. The lowest BCUT2D eigenvalue weighted by Crippen LogP contribution is -2.09. The van der Waals surface area contributed by atoms with Crippen molar-refractivity contribution >= 4 is 11.9 Å². The van der Waals surface area contributed by atoms with Crippen LogP contribution in [0.15, 0.2) is 84.9 Å². The largest absolute Gasteiger partial charge is 0.427 e. The van der Waals surface area contributed by atoms with Crippen molar-refractivity contribution in [1.29, 1.82) is 0 Å². The highest BCUT2D eigenvalue weighted by molar-refractivity contribution is 5.74. The molecule has 0 spiro atoms. The lowest BCUT2D eigenvalue weighted by molar-refractivity contribution is -0.134. The van der Waals surface area contributed by atoms with Crippen LogP contribution in [-0.2, 0) is 9.59 Å². The van der Waals surface area contributed by atoms with Gasteiger partial charge >= 0.3 is 11.9 Å². The zero-order chi connectivity index (χ0) is 27.8. The summed E-state index contributed by atoms with van der Waals surface area (Å²) in [6.07, 6.45) is 2.02. The molecule has 0 aliphatic heterocycles. The molecule has 39 heavy (non-hydrogen) atoms. The first kappa shape index (κ1) is 27.6. The van der Waals surface area contributed by atoms with E-state index in [0.717, 1.165) is 24.3 Å². The summed E-state index contributed by atoms with van der Waals surface area (Å²) in [4.78, 5) is 24.2. The van der Waals surface area contributed by atoms with Crippen LogP contribution >= 0.6 is 0 Å². The minimum Gasteiger partial charge on any atom is -0.427 e. The smallest absolute Gasteiger partial charge is 0.311 e. The zero-order valence-corrected chi connectivity index (χ0v) is 20.8. The van der Waals surface area contributed by atoms with Crippen LogP contribution in [0.1, 0.15) is 32.1 Å². The molecule has 0 unspecified atom stereocenters. The Morgan fingerprint density at radius 3 is 1.18 bits per heavy atom. The van der Waals surface area contributed by atoms with Crippen LogP contribution in [-0.4, -0.2) is 11.9 Å². The monoisotopic (exact) mass is 536 g/mol. The van der Waals surface area contributed by atoms with E-state index in [1.807, 2.05) is 0 Å². The number of ether oxygens (including phenoxy) is 2. The highest BCUT2D eigenvalue weighted by atomic mass is 19.2. The molecule has 8 heteroatoms. The Hall–Kier alpha value is -4.46. The van der Waals surface area contributed by atoms with Gasteiger partial charge < -0.3 is 9.47 Å². The van der Waals surface area contributed by atoms with Gasteiger partial charge in [-0.3, -0.25) is 9.59 Å². The molecular weight excluding hydrogens is 512 g/mol. The lowest BCUT2D eigenvalue weighted by atomic mass is 10.1. The molecule has 0 bridgehead atoms. The molecule has 0 saturated carbocycles. The average Bonchev–Trinajstić information content (AvgIpc) is 2.92. The van der Waals surface area contributed by atoms with Gasteiger partial charge in [-0.2, -0.15) is 0 Å². The standard InChI is InChI=1S/C31H24F4O4/c32-26-16-10-22(18-28(26)34)20-6-12-24(13-7-20)38-30(36)4-2-1-3-5-31(37)39-25-14-8-21(9-15-25)23-11-17-27(33)29(35)19-23/h6-19H,1-5H2. The molecule has 0 aromatic heterocycles. The van der Waals surface area contributed by atoms with E-state index in [4.69, 9.17) is 9.47 Å². The quantitative estimate of drug-likeness (QED) is 0.0891. The summed E-state index contributed by atoms with van der Waals surface area (Å²) in [6, 6.07) is 20.1. The fraction of sp³-hybridized carbons (Fsp3) is 0.161. The SMILES string of the molecule is O=C(CCCCCC(=O)Oc1ccc(-c2ccc(F)c(F)c2)cc1)Oc1ccc(-c2ccc(F)c(F)c2)cc1. The van der Waals surface area contributed by atoms with Crippen molar-refractivity contribution in [3.63, 3.8) is 0 Å². The van der Waals surface area contributed by atoms with Gasteiger partial charge in [-0.25, -0.2) is 17.6 Å². The molecule has 0 heterocycles. The Morgan fingerprint density at radius 1 is 0.462 bits per heavy atom. The Kier molecular flexibility index (Phi) is 9.10. The summed E-state index contributed by atoms with van der Waals surface area (Å²) in [5.74, 6) is -3.88. The van der Waals surface area contributed by atoms with E-state index in [2.05, 4.69) is 0 Å². The first-order valence-corrected chi connectivity index (χ1v) is 12.3. The number of carbonyl (C=O) groups excluding carboxylic acids is 2. The second-order valence-corrected chi connectivity index (χ2v) is 8.82. The highest BCUT2D eigenvalue weighted by Gasteiger charge is 2.10. The van der Waals surface area contributed by atoms with Gasteiger partial charge in [-0.05, 0) is 83.6 Å². The first-order valence-electron chi connectivity index (χ1n) is 12.3. The van der Waals surface area contributed by atoms with Gasteiger partial charge in [-0.15, -0.1) is 0 Å². The van der Waals surface area contributed by atoms with E-state index < -0.39 is 35.2 Å². The average molecular weight is 537 g/mol. The van der Waals surface area contributed by atoms with Gasteiger partial charge in [0.1, 0.15) is 11.5 Å². The Labute approximate surface area is 222 Å². The van der Waals surface area contributed by atoms with Gasteiger partial charge in [0.05, 0.1) is 0 Å². The number of esters is 2. The Bertz CT molecular complexity index is 1340. The number of rotatable bonds is 10. The molecule has 4 aromatic rings. The molecule has 200 valence electrons. The van der Waals surface area contributed by atoms with Gasteiger partial charge in [0.2, 0.25) is 0 Å². The van der Waals surface area contributed by atoms with Crippen molar-refractivity contribution in [1.82, 2.24) is 0 Å². The van der Waals surface area contributed by atoms with Gasteiger partial charge in [0.25, 0.3) is 0 Å². The summed E-state index contributed by atoms with van der Waals surface area (Å²) in [7, 11) is 0. The summed E-state index contributed by atoms with van der Waals surface area (Å²) < 4.78 is 63.7. The van der Waals surface area contributed by atoms with Gasteiger partial charge in [0, 0.05) is 12.8 Å². The second-order valence-electron chi connectivity index (χ2n) is 8.82. The number of halogens is 4. The van der Waals surface area contributed by atoms with Crippen LogP contribution in [0.4, 0.5) is 17.6 Å². The maximum Gasteiger partial charge on any atom is 0.311 e. The molecular formula is C31H24F4O4. The number of hydrogen-bond acceptors (Lipinski definition) is 4. The normalized spacial score (nSPS) is 10.8. The fourth-order valence-electron chi connectivity index (χ4n) is 3.86. The van der Waals surface area contributed by atoms with E-state index in [1.165, 1.54) is 12.1 Å².